The average Bonchev–Trinajstić information content (AvgIpc) is 2.56. The van der Waals surface area contributed by atoms with Gasteiger partial charge in [0.15, 0.2) is 5.82 Å². The van der Waals surface area contributed by atoms with Crippen molar-refractivity contribution in [1.29, 1.82) is 0 Å². The van der Waals surface area contributed by atoms with Crippen molar-refractivity contribution in [2.45, 2.75) is 26.2 Å². The van der Waals surface area contributed by atoms with E-state index in [0.717, 1.165) is 16.8 Å². The van der Waals surface area contributed by atoms with Crippen LogP contribution in [0.25, 0.3) is 5.69 Å². The molecule has 0 fully saturated rings. The molecule has 0 amide bonds. The molecule has 0 aliphatic heterocycles. The summed E-state index contributed by atoms with van der Waals surface area (Å²) in [5.41, 5.74) is 5.31. The zero-order chi connectivity index (χ0) is 14.4. The number of hydrogen-bond acceptors (Lipinski definition) is 2. The summed E-state index contributed by atoms with van der Waals surface area (Å²) in [4.78, 5) is 12.0. The van der Waals surface area contributed by atoms with Gasteiger partial charge in [0.05, 0.1) is 5.69 Å². The van der Waals surface area contributed by atoms with Crippen LogP contribution >= 0.6 is 0 Å². The molecule has 0 saturated carbocycles. The monoisotopic (exact) mass is 267 g/mol. The number of anilines is 1. The van der Waals surface area contributed by atoms with E-state index in [1.807, 2.05) is 20.8 Å². The zero-order valence-electron chi connectivity index (χ0n) is 10.9. The summed E-state index contributed by atoms with van der Waals surface area (Å²) in [7, 11) is 0. The summed E-state index contributed by atoms with van der Waals surface area (Å²) in [6.45, 7) is 5.62. The van der Waals surface area contributed by atoms with E-state index in [4.69, 9.17) is 5.73 Å². The van der Waals surface area contributed by atoms with E-state index in [2.05, 4.69) is 5.10 Å². The minimum atomic E-state index is -0.830. The predicted octanol–water partition coefficient (Wildman–Crippen LogP) is 2.32. The Bertz CT molecular complexity index is 680. The van der Waals surface area contributed by atoms with Crippen LogP contribution < -0.4 is 11.3 Å². The van der Waals surface area contributed by atoms with Gasteiger partial charge in [-0.05, 0) is 12.1 Å². The van der Waals surface area contributed by atoms with E-state index in [1.54, 1.807) is 0 Å². The minimum Gasteiger partial charge on any atom is -0.393 e. The third kappa shape index (κ3) is 2.25. The van der Waals surface area contributed by atoms with Gasteiger partial charge in [-0.1, -0.05) is 20.8 Å². The highest BCUT2D eigenvalue weighted by atomic mass is 19.1. The van der Waals surface area contributed by atoms with Gasteiger partial charge < -0.3 is 5.73 Å². The van der Waals surface area contributed by atoms with Crippen molar-refractivity contribution in [3.05, 3.63) is 45.9 Å². The van der Waals surface area contributed by atoms with Crippen LogP contribution in [0, 0.1) is 11.6 Å². The van der Waals surface area contributed by atoms with E-state index in [9.17, 15) is 13.6 Å². The largest absolute Gasteiger partial charge is 0.393 e. The molecule has 1 aromatic heterocycles. The Morgan fingerprint density at radius 2 is 1.89 bits per heavy atom. The molecule has 2 rings (SSSR count). The second kappa shape index (κ2) is 4.22. The van der Waals surface area contributed by atoms with Crippen LogP contribution in [-0.4, -0.2) is 9.78 Å². The van der Waals surface area contributed by atoms with Crippen molar-refractivity contribution < 1.29 is 8.78 Å². The molecule has 0 saturated heterocycles. The second-order valence-corrected chi connectivity index (χ2v) is 5.39. The Morgan fingerprint density at radius 3 is 2.37 bits per heavy atom. The Labute approximate surface area is 108 Å². The maximum absolute atomic E-state index is 13.7. The number of nitrogens with one attached hydrogen (secondary N) is 1. The van der Waals surface area contributed by atoms with Gasteiger partial charge in [0.1, 0.15) is 17.2 Å². The molecule has 0 aliphatic carbocycles. The Morgan fingerprint density at radius 1 is 1.26 bits per heavy atom. The maximum Gasteiger partial charge on any atom is 0.294 e. The molecule has 3 N–H and O–H groups in total. The number of aromatic amines is 1. The minimum absolute atomic E-state index is 0.0382. The normalized spacial score (nSPS) is 11.8. The van der Waals surface area contributed by atoms with Gasteiger partial charge in [-0.25, -0.2) is 13.5 Å². The number of nitrogens with two attached hydrogens (primary N) is 1. The first-order chi connectivity index (χ1) is 8.71. The van der Waals surface area contributed by atoms with Gasteiger partial charge in [-0.15, -0.1) is 0 Å². The van der Waals surface area contributed by atoms with Gasteiger partial charge in [0.2, 0.25) is 0 Å². The van der Waals surface area contributed by atoms with Gasteiger partial charge in [-0.3, -0.25) is 9.89 Å². The number of hydrogen-bond donors (Lipinski definition) is 2. The van der Waals surface area contributed by atoms with Gasteiger partial charge in [0.25, 0.3) is 5.56 Å². The summed E-state index contributed by atoms with van der Waals surface area (Å²) >= 11 is 0. The molecule has 1 heterocycles. The molecule has 0 aliphatic rings. The lowest BCUT2D eigenvalue weighted by molar-refractivity contribution is 0.550. The van der Waals surface area contributed by atoms with E-state index < -0.39 is 17.2 Å². The van der Waals surface area contributed by atoms with Crippen LogP contribution in [0.1, 0.15) is 26.5 Å². The first-order valence-corrected chi connectivity index (χ1v) is 5.78. The van der Waals surface area contributed by atoms with Crippen LogP contribution in [0.15, 0.2) is 23.0 Å². The number of benzene rings is 1. The molecule has 0 bridgehead atoms. The number of nitrogen functional groups attached to an aromatic ring is 1. The van der Waals surface area contributed by atoms with Crippen LogP contribution in [0.5, 0.6) is 0 Å². The fourth-order valence-corrected chi connectivity index (χ4v) is 1.85. The highest BCUT2D eigenvalue weighted by molar-refractivity contribution is 5.47. The summed E-state index contributed by atoms with van der Waals surface area (Å²) in [5.74, 6) is -1.53. The van der Waals surface area contributed by atoms with Crippen molar-refractivity contribution in [2.24, 2.45) is 0 Å². The molecule has 6 heteroatoms. The Hall–Kier alpha value is -2.11. The molecular formula is C13H15F2N3O. The van der Waals surface area contributed by atoms with E-state index >= 15 is 0 Å². The molecule has 2 aromatic rings. The average molecular weight is 267 g/mol. The first-order valence-electron chi connectivity index (χ1n) is 5.78. The zero-order valence-corrected chi connectivity index (χ0v) is 10.9. The Balaban J connectivity index is 2.68. The summed E-state index contributed by atoms with van der Waals surface area (Å²) < 4.78 is 27.6. The van der Waals surface area contributed by atoms with Crippen LogP contribution in [0.2, 0.25) is 0 Å². The number of H-pyrrole nitrogens is 1. The molecular weight excluding hydrogens is 252 g/mol. The molecule has 1 aromatic carbocycles. The molecule has 0 spiro atoms. The standard InChI is InChI=1S/C13H15F2N3O/c1-13(2,3)11-10(16)12(19)18(17-11)9-5-4-7(14)6-8(9)15/h4-6,17H,16H2,1-3H3. The highest BCUT2D eigenvalue weighted by Crippen LogP contribution is 2.24. The van der Waals surface area contributed by atoms with E-state index in [-0.39, 0.29) is 16.8 Å². The second-order valence-electron chi connectivity index (χ2n) is 5.39. The third-order valence-electron chi connectivity index (χ3n) is 2.83. The van der Waals surface area contributed by atoms with Crippen molar-refractivity contribution in [2.75, 3.05) is 5.73 Å². The van der Waals surface area contributed by atoms with Crippen LogP contribution in [0.3, 0.4) is 0 Å². The molecule has 0 atom stereocenters. The van der Waals surface area contributed by atoms with Crippen LogP contribution in [0.4, 0.5) is 14.5 Å². The lowest BCUT2D eigenvalue weighted by atomic mass is 9.91. The van der Waals surface area contributed by atoms with Gasteiger partial charge in [-0.2, -0.15) is 0 Å². The lowest BCUT2D eigenvalue weighted by Gasteiger charge is -2.16. The van der Waals surface area contributed by atoms with E-state index in [1.165, 1.54) is 6.07 Å². The first kappa shape index (κ1) is 13.3. The van der Waals surface area contributed by atoms with Crippen LogP contribution in [-0.2, 0) is 5.41 Å². The molecule has 4 nitrogen and oxygen atoms in total. The van der Waals surface area contributed by atoms with Crippen molar-refractivity contribution in [3.63, 3.8) is 0 Å². The number of nitrogens with zero attached hydrogens (tertiary/aromatic N) is 1. The quantitative estimate of drug-likeness (QED) is 0.832. The molecule has 19 heavy (non-hydrogen) atoms. The molecule has 0 unspecified atom stereocenters. The number of rotatable bonds is 1. The number of halogens is 2. The Kier molecular flexibility index (Phi) is 2.96. The van der Waals surface area contributed by atoms with Gasteiger partial charge in [0, 0.05) is 11.5 Å². The molecule has 0 radical (unpaired) electrons. The summed E-state index contributed by atoms with van der Waals surface area (Å²) in [6, 6.07) is 2.99. The fourth-order valence-electron chi connectivity index (χ4n) is 1.85. The predicted molar refractivity (Wildman–Crippen MR) is 69.4 cm³/mol. The molecule has 102 valence electrons. The topological polar surface area (TPSA) is 63.8 Å². The fraction of sp³-hybridized carbons (Fsp3) is 0.308. The van der Waals surface area contributed by atoms with E-state index in [0.29, 0.717) is 5.69 Å². The third-order valence-corrected chi connectivity index (χ3v) is 2.83. The van der Waals surface area contributed by atoms with Gasteiger partial charge >= 0.3 is 0 Å². The number of aromatic nitrogens is 2. The van der Waals surface area contributed by atoms with Crippen molar-refractivity contribution in [1.82, 2.24) is 9.78 Å². The summed E-state index contributed by atoms with van der Waals surface area (Å²) in [6.07, 6.45) is 0. The SMILES string of the molecule is CC(C)(C)c1[nH]n(-c2ccc(F)cc2F)c(=O)c1N. The summed E-state index contributed by atoms with van der Waals surface area (Å²) in [5, 5.41) is 2.78. The van der Waals surface area contributed by atoms with Crippen molar-refractivity contribution >= 4 is 5.69 Å². The highest BCUT2D eigenvalue weighted by Gasteiger charge is 2.24. The smallest absolute Gasteiger partial charge is 0.294 e. The maximum atomic E-state index is 13.7. The van der Waals surface area contributed by atoms with Crippen molar-refractivity contribution in [3.8, 4) is 5.69 Å². The lowest BCUT2D eigenvalue weighted by Crippen LogP contribution is -2.18.